The van der Waals surface area contributed by atoms with E-state index in [1.165, 1.54) is 22.0 Å². The second-order valence-electron chi connectivity index (χ2n) is 6.48. The molecule has 0 unspecified atom stereocenters. The zero-order valence-corrected chi connectivity index (χ0v) is 19.4. The molecule has 1 aromatic heterocycles. The predicted octanol–water partition coefficient (Wildman–Crippen LogP) is 2.93. The number of aryl methyl sites for hydroxylation is 1. The highest BCUT2D eigenvalue weighted by Gasteiger charge is 2.12. The van der Waals surface area contributed by atoms with Crippen molar-refractivity contribution >= 4 is 45.8 Å². The van der Waals surface area contributed by atoms with Crippen LogP contribution in [0.4, 0.5) is 5.95 Å². The summed E-state index contributed by atoms with van der Waals surface area (Å²) in [5, 5.41) is 15.3. The quantitative estimate of drug-likeness (QED) is 0.177. The van der Waals surface area contributed by atoms with E-state index in [-0.39, 0.29) is 17.6 Å². The van der Waals surface area contributed by atoms with E-state index in [0.29, 0.717) is 17.5 Å². The van der Waals surface area contributed by atoms with Gasteiger partial charge in [-0.1, -0.05) is 57.5 Å². The maximum Gasteiger partial charge on any atom is 0.264 e. The molecule has 0 spiro atoms. The number of hydrogen-bond acceptors (Lipinski definition) is 8. The Bertz CT molecular complexity index is 1070. The van der Waals surface area contributed by atoms with Gasteiger partial charge in [0.1, 0.15) is 5.75 Å². The van der Waals surface area contributed by atoms with Crippen LogP contribution in [0.1, 0.15) is 16.7 Å². The van der Waals surface area contributed by atoms with Gasteiger partial charge in [0.15, 0.2) is 0 Å². The van der Waals surface area contributed by atoms with Gasteiger partial charge in [0.25, 0.3) is 5.95 Å². The van der Waals surface area contributed by atoms with Crippen molar-refractivity contribution in [1.82, 2.24) is 20.2 Å². The van der Waals surface area contributed by atoms with Crippen LogP contribution in [0.5, 0.6) is 5.75 Å². The number of nitrogen functional groups attached to an aromatic ring is 1. The molecule has 0 fully saturated rings. The summed E-state index contributed by atoms with van der Waals surface area (Å²) in [5.74, 6) is 6.96. The number of ether oxygens (including phenoxy) is 1. The number of amides is 1. The smallest absolute Gasteiger partial charge is 0.264 e. The molecule has 0 aliphatic rings. The Balaban J connectivity index is 1.51. The van der Waals surface area contributed by atoms with Crippen molar-refractivity contribution in [2.75, 3.05) is 24.1 Å². The number of rotatable bonds is 9. The highest BCUT2D eigenvalue weighted by molar-refractivity contribution is 9.10. The van der Waals surface area contributed by atoms with Crippen molar-refractivity contribution in [2.24, 2.45) is 5.10 Å². The molecule has 0 bridgehead atoms. The van der Waals surface area contributed by atoms with Crippen LogP contribution < -0.4 is 21.3 Å². The molecule has 0 saturated heterocycles. The number of halogens is 1. The summed E-state index contributed by atoms with van der Waals surface area (Å²) in [6, 6.07) is 13.6. The van der Waals surface area contributed by atoms with E-state index in [0.717, 1.165) is 15.6 Å². The van der Waals surface area contributed by atoms with Gasteiger partial charge in [-0.15, -0.1) is 10.2 Å². The van der Waals surface area contributed by atoms with Crippen LogP contribution >= 0.6 is 27.7 Å². The van der Waals surface area contributed by atoms with Crippen LogP contribution in [0, 0.1) is 6.92 Å². The average molecular weight is 504 g/mol. The predicted molar refractivity (Wildman–Crippen MR) is 126 cm³/mol. The van der Waals surface area contributed by atoms with Gasteiger partial charge in [0.05, 0.1) is 19.1 Å². The van der Waals surface area contributed by atoms with Gasteiger partial charge in [0.2, 0.25) is 11.1 Å². The summed E-state index contributed by atoms with van der Waals surface area (Å²) >= 11 is 4.60. The van der Waals surface area contributed by atoms with E-state index in [1.807, 2.05) is 49.4 Å². The molecule has 1 amide bonds. The van der Waals surface area contributed by atoms with Crippen LogP contribution in [0.3, 0.4) is 0 Å². The van der Waals surface area contributed by atoms with Gasteiger partial charge in [-0.2, -0.15) is 5.10 Å². The zero-order chi connectivity index (χ0) is 22.2. The second kappa shape index (κ2) is 10.8. The third-order valence-corrected chi connectivity index (χ3v) is 5.60. The maximum absolute atomic E-state index is 12.1. The number of thioether (sulfide) groups is 1. The Morgan fingerprint density at radius 3 is 2.81 bits per heavy atom. The van der Waals surface area contributed by atoms with Crippen molar-refractivity contribution in [3.63, 3.8) is 0 Å². The lowest BCUT2D eigenvalue weighted by Crippen LogP contribution is -2.25. The molecule has 2 aromatic carbocycles. The molecule has 0 saturated carbocycles. The Morgan fingerprint density at radius 2 is 2.06 bits per heavy atom. The molecular weight excluding hydrogens is 482 g/mol. The number of aromatic nitrogens is 3. The molecule has 0 radical (unpaired) electrons. The number of carbonyl (C=O) groups is 1. The number of benzene rings is 2. The number of nitrogens with zero attached hydrogens (tertiary/aromatic N) is 4. The van der Waals surface area contributed by atoms with E-state index in [2.05, 4.69) is 42.0 Å². The van der Waals surface area contributed by atoms with Crippen LogP contribution in [-0.4, -0.2) is 39.9 Å². The van der Waals surface area contributed by atoms with Gasteiger partial charge in [-0.05, 0) is 30.7 Å². The van der Waals surface area contributed by atoms with E-state index in [1.54, 1.807) is 13.3 Å². The minimum atomic E-state index is -0.122. The number of hydrogen-bond donors (Lipinski definition) is 3. The maximum atomic E-state index is 12.1. The van der Waals surface area contributed by atoms with E-state index in [4.69, 9.17) is 10.6 Å². The molecule has 3 rings (SSSR count). The molecular formula is C20H22BrN7O2S. The highest BCUT2D eigenvalue weighted by Crippen LogP contribution is 2.21. The number of methoxy groups -OCH3 is 1. The van der Waals surface area contributed by atoms with E-state index in [9.17, 15) is 4.79 Å². The third kappa shape index (κ3) is 6.46. The van der Waals surface area contributed by atoms with Crippen molar-refractivity contribution in [2.45, 2.75) is 18.6 Å². The molecule has 1 heterocycles. The lowest BCUT2D eigenvalue weighted by Gasteiger charge is -2.06. The summed E-state index contributed by atoms with van der Waals surface area (Å²) in [7, 11) is 1.59. The molecule has 4 N–H and O–H groups in total. The largest absolute Gasteiger partial charge is 0.496 e. The van der Waals surface area contributed by atoms with Crippen LogP contribution in [0.25, 0.3) is 0 Å². The monoisotopic (exact) mass is 503 g/mol. The summed E-state index contributed by atoms with van der Waals surface area (Å²) in [4.78, 5) is 12.1. The van der Waals surface area contributed by atoms with Crippen LogP contribution in [0.2, 0.25) is 0 Å². The summed E-state index contributed by atoms with van der Waals surface area (Å²) < 4.78 is 7.44. The summed E-state index contributed by atoms with van der Waals surface area (Å²) in [5.41, 5.74) is 5.73. The molecule has 0 aliphatic heterocycles. The first-order chi connectivity index (χ1) is 15.0. The lowest BCUT2D eigenvalue weighted by atomic mass is 10.1. The molecule has 3 aromatic rings. The Morgan fingerprint density at radius 1 is 1.29 bits per heavy atom. The standard InChI is InChI=1S/C20H22BrN7O2S/c1-13-3-5-14(6-4-13)10-23-18(29)12-31-20-27-26-19(28(20)22)25-24-11-15-9-16(21)7-8-17(15)30-2/h3-9,11H,10,12,22H2,1-2H3,(H,23,29)(H,25,26)/b24-11+. The minimum absolute atomic E-state index is 0.122. The van der Waals surface area contributed by atoms with Gasteiger partial charge in [0, 0.05) is 16.6 Å². The molecule has 162 valence electrons. The SMILES string of the molecule is COc1ccc(Br)cc1/C=N/Nc1nnc(SCC(=O)NCc2ccc(C)cc2)n1N. The van der Waals surface area contributed by atoms with Crippen molar-refractivity contribution in [1.29, 1.82) is 0 Å². The van der Waals surface area contributed by atoms with Gasteiger partial charge >= 0.3 is 0 Å². The highest BCUT2D eigenvalue weighted by atomic mass is 79.9. The Hall–Kier alpha value is -3.05. The number of hydrazone groups is 1. The summed E-state index contributed by atoms with van der Waals surface area (Å²) in [6.07, 6.45) is 1.59. The topological polar surface area (TPSA) is 119 Å². The van der Waals surface area contributed by atoms with Crippen molar-refractivity contribution in [3.8, 4) is 5.75 Å². The van der Waals surface area contributed by atoms with Gasteiger partial charge in [-0.3, -0.25) is 4.79 Å². The molecule has 0 atom stereocenters. The Kier molecular flexibility index (Phi) is 7.90. The summed E-state index contributed by atoms with van der Waals surface area (Å²) in [6.45, 7) is 2.49. The van der Waals surface area contributed by atoms with Gasteiger partial charge in [-0.25, -0.2) is 10.1 Å². The van der Waals surface area contributed by atoms with Crippen molar-refractivity contribution in [3.05, 3.63) is 63.6 Å². The number of nitrogens with one attached hydrogen (secondary N) is 2. The van der Waals surface area contributed by atoms with Crippen molar-refractivity contribution < 1.29 is 9.53 Å². The number of carbonyl (C=O) groups excluding carboxylic acids is 1. The third-order valence-electron chi connectivity index (χ3n) is 4.17. The minimum Gasteiger partial charge on any atom is -0.496 e. The molecule has 9 nitrogen and oxygen atoms in total. The average Bonchev–Trinajstić information content (AvgIpc) is 3.11. The van der Waals surface area contributed by atoms with Crippen LogP contribution in [0.15, 0.2) is 57.2 Å². The first kappa shape index (κ1) is 22.6. The first-order valence-corrected chi connectivity index (χ1v) is 11.0. The number of nitrogens with two attached hydrogens (primary N) is 1. The normalized spacial score (nSPS) is 10.9. The first-order valence-electron chi connectivity index (χ1n) is 9.24. The fraction of sp³-hybridized carbons (Fsp3) is 0.200. The zero-order valence-electron chi connectivity index (χ0n) is 17.0. The molecule has 11 heteroatoms. The second-order valence-corrected chi connectivity index (χ2v) is 8.34. The van der Waals surface area contributed by atoms with Crippen LogP contribution in [-0.2, 0) is 11.3 Å². The van der Waals surface area contributed by atoms with E-state index >= 15 is 0 Å². The lowest BCUT2D eigenvalue weighted by molar-refractivity contribution is -0.118. The molecule has 31 heavy (non-hydrogen) atoms. The molecule has 0 aliphatic carbocycles. The fourth-order valence-corrected chi connectivity index (χ4v) is 3.57. The van der Waals surface area contributed by atoms with Gasteiger partial charge < -0.3 is 15.9 Å². The Labute approximate surface area is 192 Å². The van der Waals surface area contributed by atoms with E-state index < -0.39 is 0 Å². The fourth-order valence-electron chi connectivity index (χ4n) is 2.51. The number of anilines is 1.